The summed E-state index contributed by atoms with van der Waals surface area (Å²) in [6, 6.07) is 10.9. The lowest BCUT2D eigenvalue weighted by molar-refractivity contribution is 0.141. The van der Waals surface area contributed by atoms with Gasteiger partial charge in [-0.25, -0.2) is 4.99 Å². The molecule has 1 aromatic rings. The smallest absolute Gasteiger partial charge is 0.191 e. The molecule has 2 N–H and O–H groups in total. The Morgan fingerprint density at radius 1 is 1.30 bits per heavy atom. The third kappa shape index (κ3) is 6.20. The van der Waals surface area contributed by atoms with Crippen LogP contribution in [0.1, 0.15) is 25.3 Å². The van der Waals surface area contributed by atoms with Gasteiger partial charge in [-0.2, -0.15) is 0 Å². The SMILES string of the molecule is CCNC(=NCc1ccccc1)NCC1CCCN1CCOC. The maximum Gasteiger partial charge on any atom is 0.191 e. The van der Waals surface area contributed by atoms with E-state index in [-0.39, 0.29) is 0 Å². The summed E-state index contributed by atoms with van der Waals surface area (Å²) in [5.74, 6) is 0.898. The first kappa shape index (κ1) is 17.8. The zero-order chi connectivity index (χ0) is 16.3. The van der Waals surface area contributed by atoms with Crippen molar-refractivity contribution in [3.63, 3.8) is 0 Å². The second-order valence-electron chi connectivity index (χ2n) is 5.89. The lowest BCUT2D eigenvalue weighted by Gasteiger charge is -2.25. The normalized spacial score (nSPS) is 19.0. The summed E-state index contributed by atoms with van der Waals surface area (Å²) >= 11 is 0. The fourth-order valence-electron chi connectivity index (χ4n) is 2.94. The van der Waals surface area contributed by atoms with E-state index in [4.69, 9.17) is 4.74 Å². The quantitative estimate of drug-likeness (QED) is 0.567. The van der Waals surface area contributed by atoms with Gasteiger partial charge in [0.05, 0.1) is 13.2 Å². The van der Waals surface area contributed by atoms with Crippen molar-refractivity contribution in [2.45, 2.75) is 32.4 Å². The van der Waals surface area contributed by atoms with Crippen LogP contribution in [0.3, 0.4) is 0 Å². The number of likely N-dealkylation sites (tertiary alicyclic amines) is 1. The minimum absolute atomic E-state index is 0.575. The number of nitrogens with zero attached hydrogens (tertiary/aromatic N) is 2. The number of ether oxygens (including phenoxy) is 1. The van der Waals surface area contributed by atoms with Crippen molar-refractivity contribution in [1.29, 1.82) is 0 Å². The van der Waals surface area contributed by atoms with Crippen LogP contribution in [0.15, 0.2) is 35.3 Å². The first-order chi connectivity index (χ1) is 11.3. The fourth-order valence-corrected chi connectivity index (χ4v) is 2.94. The Bertz CT molecular complexity index is 463. The number of rotatable bonds is 8. The van der Waals surface area contributed by atoms with Gasteiger partial charge < -0.3 is 15.4 Å². The Labute approximate surface area is 140 Å². The van der Waals surface area contributed by atoms with E-state index in [9.17, 15) is 0 Å². The molecule has 1 unspecified atom stereocenters. The standard InChI is InChI=1S/C18H30N4O/c1-3-19-18(20-14-16-8-5-4-6-9-16)21-15-17-10-7-11-22(17)12-13-23-2/h4-6,8-9,17H,3,7,10-15H2,1-2H3,(H2,19,20,21). The molecule has 5 nitrogen and oxygen atoms in total. The molecule has 0 aliphatic carbocycles. The number of benzene rings is 1. The Morgan fingerprint density at radius 3 is 2.87 bits per heavy atom. The first-order valence-electron chi connectivity index (χ1n) is 8.62. The van der Waals surface area contributed by atoms with Crippen LogP contribution in [-0.2, 0) is 11.3 Å². The predicted molar refractivity (Wildman–Crippen MR) is 95.7 cm³/mol. The minimum Gasteiger partial charge on any atom is -0.383 e. The molecule has 0 saturated carbocycles. The molecule has 1 fully saturated rings. The highest BCUT2D eigenvalue weighted by Crippen LogP contribution is 2.15. The second kappa shape index (κ2) is 10.2. The predicted octanol–water partition coefficient (Wildman–Crippen LogP) is 1.85. The van der Waals surface area contributed by atoms with Crippen molar-refractivity contribution in [3.8, 4) is 0 Å². The molecular formula is C18H30N4O. The van der Waals surface area contributed by atoms with Gasteiger partial charge in [0.15, 0.2) is 5.96 Å². The number of nitrogens with one attached hydrogen (secondary N) is 2. The van der Waals surface area contributed by atoms with E-state index >= 15 is 0 Å². The maximum absolute atomic E-state index is 5.21. The van der Waals surface area contributed by atoms with E-state index in [1.54, 1.807) is 7.11 Å². The van der Waals surface area contributed by atoms with Gasteiger partial charge in [-0.3, -0.25) is 4.90 Å². The van der Waals surface area contributed by atoms with Gasteiger partial charge in [0.25, 0.3) is 0 Å². The Hall–Kier alpha value is -1.59. The van der Waals surface area contributed by atoms with Crippen LogP contribution in [-0.4, -0.2) is 56.8 Å². The molecular weight excluding hydrogens is 288 g/mol. The van der Waals surface area contributed by atoms with Gasteiger partial charge in [0.2, 0.25) is 0 Å². The van der Waals surface area contributed by atoms with Crippen molar-refractivity contribution >= 4 is 5.96 Å². The summed E-state index contributed by atoms with van der Waals surface area (Å²) in [6.07, 6.45) is 2.52. The van der Waals surface area contributed by atoms with Crippen LogP contribution in [0.4, 0.5) is 0 Å². The molecule has 1 atom stereocenters. The van der Waals surface area contributed by atoms with Gasteiger partial charge >= 0.3 is 0 Å². The number of methoxy groups -OCH3 is 1. The molecule has 0 amide bonds. The number of aliphatic imine (C=N–C) groups is 1. The monoisotopic (exact) mass is 318 g/mol. The fraction of sp³-hybridized carbons (Fsp3) is 0.611. The Kier molecular flexibility index (Phi) is 7.90. The van der Waals surface area contributed by atoms with Crippen LogP contribution in [0.25, 0.3) is 0 Å². The zero-order valence-electron chi connectivity index (χ0n) is 14.4. The Balaban J connectivity index is 1.84. The van der Waals surface area contributed by atoms with E-state index in [0.717, 1.165) is 32.2 Å². The lowest BCUT2D eigenvalue weighted by Crippen LogP contribution is -2.45. The molecule has 23 heavy (non-hydrogen) atoms. The summed E-state index contributed by atoms with van der Waals surface area (Å²) in [7, 11) is 1.77. The Morgan fingerprint density at radius 2 is 2.13 bits per heavy atom. The molecule has 1 heterocycles. The van der Waals surface area contributed by atoms with Crippen LogP contribution in [0.2, 0.25) is 0 Å². The topological polar surface area (TPSA) is 48.9 Å². The second-order valence-corrected chi connectivity index (χ2v) is 5.89. The van der Waals surface area contributed by atoms with Crippen LogP contribution in [0.5, 0.6) is 0 Å². The molecule has 0 radical (unpaired) electrons. The minimum atomic E-state index is 0.575. The highest BCUT2D eigenvalue weighted by molar-refractivity contribution is 5.79. The maximum atomic E-state index is 5.21. The summed E-state index contributed by atoms with van der Waals surface area (Å²) in [5.41, 5.74) is 1.23. The lowest BCUT2D eigenvalue weighted by atomic mass is 10.2. The van der Waals surface area contributed by atoms with Crippen molar-refractivity contribution in [2.75, 3.05) is 39.9 Å². The first-order valence-corrected chi connectivity index (χ1v) is 8.62. The summed E-state index contributed by atoms with van der Waals surface area (Å²) in [5, 5.41) is 6.83. The van der Waals surface area contributed by atoms with E-state index in [1.165, 1.54) is 24.9 Å². The molecule has 0 bridgehead atoms. The van der Waals surface area contributed by atoms with Gasteiger partial charge in [0, 0.05) is 32.8 Å². The molecule has 0 spiro atoms. The van der Waals surface area contributed by atoms with Gasteiger partial charge in [-0.15, -0.1) is 0 Å². The van der Waals surface area contributed by atoms with Crippen LogP contribution >= 0.6 is 0 Å². The van der Waals surface area contributed by atoms with Gasteiger partial charge in [0.1, 0.15) is 0 Å². The zero-order valence-corrected chi connectivity index (χ0v) is 14.4. The van der Waals surface area contributed by atoms with Crippen LogP contribution < -0.4 is 10.6 Å². The summed E-state index contributed by atoms with van der Waals surface area (Å²) in [4.78, 5) is 7.19. The van der Waals surface area contributed by atoms with Crippen molar-refractivity contribution in [1.82, 2.24) is 15.5 Å². The molecule has 1 aromatic carbocycles. The molecule has 128 valence electrons. The van der Waals surface area contributed by atoms with E-state index < -0.39 is 0 Å². The number of hydrogen-bond acceptors (Lipinski definition) is 3. The molecule has 1 aliphatic rings. The van der Waals surface area contributed by atoms with E-state index in [2.05, 4.69) is 51.7 Å². The average Bonchev–Trinajstić information content (AvgIpc) is 3.04. The third-order valence-electron chi connectivity index (χ3n) is 4.19. The molecule has 5 heteroatoms. The molecule has 2 rings (SSSR count). The van der Waals surface area contributed by atoms with Crippen molar-refractivity contribution in [3.05, 3.63) is 35.9 Å². The number of guanidine groups is 1. The van der Waals surface area contributed by atoms with Crippen molar-refractivity contribution in [2.24, 2.45) is 4.99 Å². The number of hydrogen-bond donors (Lipinski definition) is 2. The average molecular weight is 318 g/mol. The molecule has 0 aromatic heterocycles. The largest absolute Gasteiger partial charge is 0.383 e. The van der Waals surface area contributed by atoms with Crippen LogP contribution in [0, 0.1) is 0 Å². The van der Waals surface area contributed by atoms with E-state index in [0.29, 0.717) is 12.6 Å². The van der Waals surface area contributed by atoms with E-state index in [1.807, 2.05) is 6.07 Å². The summed E-state index contributed by atoms with van der Waals surface area (Å²) in [6.45, 7) is 7.60. The highest BCUT2D eigenvalue weighted by atomic mass is 16.5. The van der Waals surface area contributed by atoms with Gasteiger partial charge in [-0.1, -0.05) is 30.3 Å². The molecule has 1 aliphatic heterocycles. The van der Waals surface area contributed by atoms with Crippen molar-refractivity contribution < 1.29 is 4.74 Å². The third-order valence-corrected chi connectivity index (χ3v) is 4.19. The summed E-state index contributed by atoms with van der Waals surface area (Å²) < 4.78 is 5.21. The van der Waals surface area contributed by atoms with Gasteiger partial charge in [-0.05, 0) is 31.9 Å². The highest BCUT2D eigenvalue weighted by Gasteiger charge is 2.23. The molecule has 1 saturated heterocycles.